The van der Waals surface area contributed by atoms with E-state index in [1.54, 1.807) is 0 Å². The number of anilines is 1. The molecule has 0 spiro atoms. The third-order valence-electron chi connectivity index (χ3n) is 4.23. The van der Waals surface area contributed by atoms with Crippen LogP contribution in [-0.4, -0.2) is 13.6 Å². The molecule has 0 radical (unpaired) electrons. The highest BCUT2D eigenvalue weighted by Crippen LogP contribution is 2.27. The van der Waals surface area contributed by atoms with Gasteiger partial charge in [0.05, 0.1) is 0 Å². The average Bonchev–Trinajstić information content (AvgIpc) is 2.72. The molecule has 2 heteroatoms. The maximum absolute atomic E-state index is 3.20. The van der Waals surface area contributed by atoms with Gasteiger partial charge in [-0.25, -0.2) is 0 Å². The number of para-hydroxylation sites is 1. The van der Waals surface area contributed by atoms with E-state index in [-0.39, 0.29) is 0 Å². The van der Waals surface area contributed by atoms with Crippen LogP contribution in [0.2, 0.25) is 0 Å². The molecule has 0 aromatic heterocycles. The summed E-state index contributed by atoms with van der Waals surface area (Å²) in [5.74, 6) is 0. The number of hydrogen-bond acceptors (Lipinski definition) is 2. The van der Waals surface area contributed by atoms with Gasteiger partial charge in [-0.2, -0.15) is 0 Å². The van der Waals surface area contributed by atoms with Crippen molar-refractivity contribution in [3.63, 3.8) is 0 Å². The lowest BCUT2D eigenvalue weighted by molar-refractivity contribution is 0.714. The third-order valence-corrected chi connectivity index (χ3v) is 4.23. The number of rotatable bonds is 4. The molecule has 0 atom stereocenters. The summed E-state index contributed by atoms with van der Waals surface area (Å²) in [6, 6.07) is 17.9. The number of nitrogens with zero attached hydrogens (tertiary/aromatic N) is 1. The summed E-state index contributed by atoms with van der Waals surface area (Å²) in [5, 5.41) is 3.20. The highest BCUT2D eigenvalue weighted by Gasteiger charge is 2.14. The lowest BCUT2D eigenvalue weighted by Crippen LogP contribution is -2.23. The molecule has 0 bridgehead atoms. The van der Waals surface area contributed by atoms with Crippen molar-refractivity contribution in [2.24, 2.45) is 0 Å². The Morgan fingerprint density at radius 1 is 0.952 bits per heavy atom. The van der Waals surface area contributed by atoms with Crippen LogP contribution in [0.3, 0.4) is 0 Å². The lowest BCUT2D eigenvalue weighted by atomic mass is 10.1. The van der Waals surface area contributed by atoms with Crippen LogP contribution in [0.4, 0.5) is 5.69 Å². The summed E-state index contributed by atoms with van der Waals surface area (Å²) in [6.45, 7) is 3.11. The average molecular weight is 280 g/mol. The van der Waals surface area contributed by atoms with Crippen LogP contribution >= 0.6 is 0 Å². The summed E-state index contributed by atoms with van der Waals surface area (Å²) in [5.41, 5.74) is 5.67. The molecule has 0 fully saturated rings. The molecule has 1 N–H and O–H groups in total. The van der Waals surface area contributed by atoms with Gasteiger partial charge in [-0.15, -0.1) is 0 Å². The molecule has 2 aromatic rings. The zero-order chi connectivity index (χ0) is 14.5. The third kappa shape index (κ3) is 3.45. The predicted octanol–water partition coefficient (Wildman–Crippen LogP) is 3.75. The molecule has 0 aliphatic carbocycles. The second kappa shape index (κ2) is 6.77. The van der Waals surface area contributed by atoms with Crippen molar-refractivity contribution in [1.82, 2.24) is 5.32 Å². The van der Waals surface area contributed by atoms with Crippen molar-refractivity contribution in [3.8, 4) is 0 Å². The van der Waals surface area contributed by atoms with Gasteiger partial charge in [0.2, 0.25) is 0 Å². The zero-order valence-electron chi connectivity index (χ0n) is 12.8. The van der Waals surface area contributed by atoms with Crippen molar-refractivity contribution in [2.75, 3.05) is 18.5 Å². The minimum Gasteiger partial charge on any atom is -0.367 e. The molecule has 21 heavy (non-hydrogen) atoms. The Morgan fingerprint density at radius 3 is 2.52 bits per heavy atom. The number of nitrogens with one attached hydrogen (secondary N) is 1. The van der Waals surface area contributed by atoms with Gasteiger partial charge in [-0.1, -0.05) is 42.5 Å². The topological polar surface area (TPSA) is 15.3 Å². The predicted molar refractivity (Wildman–Crippen MR) is 89.6 cm³/mol. The van der Waals surface area contributed by atoms with E-state index in [9.17, 15) is 0 Å². The molecule has 0 amide bonds. The van der Waals surface area contributed by atoms with Crippen LogP contribution in [-0.2, 0) is 19.5 Å². The van der Waals surface area contributed by atoms with E-state index in [1.165, 1.54) is 41.6 Å². The smallest absolute Gasteiger partial charge is 0.0429 e. The van der Waals surface area contributed by atoms with Crippen LogP contribution in [0.15, 0.2) is 48.5 Å². The molecule has 0 saturated heterocycles. The Labute approximate surface area is 127 Å². The van der Waals surface area contributed by atoms with Gasteiger partial charge < -0.3 is 10.2 Å². The minimum atomic E-state index is 0.937. The van der Waals surface area contributed by atoms with Crippen LogP contribution in [0, 0.1) is 0 Å². The largest absolute Gasteiger partial charge is 0.367 e. The second-order valence-electron chi connectivity index (χ2n) is 5.85. The fourth-order valence-electron chi connectivity index (χ4n) is 3.12. The van der Waals surface area contributed by atoms with Gasteiger partial charge in [0.1, 0.15) is 0 Å². The van der Waals surface area contributed by atoms with Gasteiger partial charge in [0.15, 0.2) is 0 Å². The molecular weight excluding hydrogens is 256 g/mol. The Kier molecular flexibility index (Phi) is 4.56. The van der Waals surface area contributed by atoms with Crippen molar-refractivity contribution in [1.29, 1.82) is 0 Å². The number of aryl methyl sites for hydroxylation is 1. The first-order valence-corrected chi connectivity index (χ1v) is 7.92. The highest BCUT2D eigenvalue weighted by atomic mass is 15.1. The fourth-order valence-corrected chi connectivity index (χ4v) is 3.12. The van der Waals surface area contributed by atoms with Crippen LogP contribution in [0.1, 0.15) is 29.5 Å². The molecule has 1 heterocycles. The maximum atomic E-state index is 3.20. The molecule has 110 valence electrons. The van der Waals surface area contributed by atoms with Gasteiger partial charge in [0, 0.05) is 25.3 Å². The maximum Gasteiger partial charge on any atom is 0.0429 e. The molecule has 2 aromatic carbocycles. The quantitative estimate of drug-likeness (QED) is 0.917. The Morgan fingerprint density at radius 2 is 1.71 bits per heavy atom. The van der Waals surface area contributed by atoms with Crippen LogP contribution < -0.4 is 10.2 Å². The standard InChI is InChI=1S/C19H24N2/c1-20-14-16-9-11-17(12-10-16)15-21-13-5-4-7-18-6-2-3-8-19(18)21/h2-3,6,8-12,20H,4-5,7,13-15H2,1H3. The number of fused-ring (bicyclic) bond motifs is 1. The van der Waals surface area contributed by atoms with Crippen molar-refractivity contribution >= 4 is 5.69 Å². The second-order valence-corrected chi connectivity index (χ2v) is 5.85. The van der Waals surface area contributed by atoms with E-state index >= 15 is 0 Å². The fraction of sp³-hybridized carbons (Fsp3) is 0.368. The van der Waals surface area contributed by atoms with E-state index in [1.807, 2.05) is 7.05 Å². The summed E-state index contributed by atoms with van der Waals surface area (Å²) in [4.78, 5) is 2.54. The first kappa shape index (κ1) is 14.2. The van der Waals surface area contributed by atoms with Crippen molar-refractivity contribution in [3.05, 3.63) is 65.2 Å². The number of benzene rings is 2. The van der Waals surface area contributed by atoms with Gasteiger partial charge in [0.25, 0.3) is 0 Å². The molecule has 0 saturated carbocycles. The van der Waals surface area contributed by atoms with Crippen LogP contribution in [0.5, 0.6) is 0 Å². The van der Waals surface area contributed by atoms with Crippen molar-refractivity contribution in [2.45, 2.75) is 32.4 Å². The lowest BCUT2D eigenvalue weighted by Gasteiger charge is -2.25. The molecule has 1 aliphatic rings. The minimum absolute atomic E-state index is 0.937. The molecule has 3 rings (SSSR count). The van der Waals surface area contributed by atoms with Gasteiger partial charge in [-0.3, -0.25) is 0 Å². The SMILES string of the molecule is CNCc1ccc(CN2CCCCc3ccccc32)cc1. The summed E-state index contributed by atoms with van der Waals surface area (Å²) in [7, 11) is 1.99. The molecule has 2 nitrogen and oxygen atoms in total. The Hall–Kier alpha value is -1.80. The van der Waals surface area contributed by atoms with E-state index in [2.05, 4.69) is 58.7 Å². The summed E-state index contributed by atoms with van der Waals surface area (Å²) in [6.07, 6.45) is 3.80. The van der Waals surface area contributed by atoms with Crippen molar-refractivity contribution < 1.29 is 0 Å². The normalized spacial score (nSPS) is 14.6. The van der Waals surface area contributed by atoms with E-state index < -0.39 is 0 Å². The molecule has 1 aliphatic heterocycles. The summed E-state index contributed by atoms with van der Waals surface area (Å²) >= 11 is 0. The van der Waals surface area contributed by atoms with E-state index in [0.717, 1.165) is 19.6 Å². The Bertz CT molecular complexity index is 574. The van der Waals surface area contributed by atoms with E-state index in [0.29, 0.717) is 0 Å². The van der Waals surface area contributed by atoms with E-state index in [4.69, 9.17) is 0 Å². The van der Waals surface area contributed by atoms with Gasteiger partial charge in [-0.05, 0) is 49.1 Å². The number of hydrogen-bond donors (Lipinski definition) is 1. The van der Waals surface area contributed by atoms with Crippen LogP contribution in [0.25, 0.3) is 0 Å². The first-order chi connectivity index (χ1) is 10.4. The zero-order valence-corrected chi connectivity index (χ0v) is 12.8. The first-order valence-electron chi connectivity index (χ1n) is 7.92. The Balaban J connectivity index is 1.77. The molecular formula is C19H24N2. The highest BCUT2D eigenvalue weighted by molar-refractivity contribution is 5.54. The summed E-state index contributed by atoms with van der Waals surface area (Å²) < 4.78 is 0. The monoisotopic (exact) mass is 280 g/mol. The molecule has 0 unspecified atom stereocenters. The van der Waals surface area contributed by atoms with Gasteiger partial charge >= 0.3 is 0 Å².